The van der Waals surface area contributed by atoms with Crippen molar-refractivity contribution in [2.24, 2.45) is 0 Å². The molecule has 3 aliphatic rings. The van der Waals surface area contributed by atoms with Crippen LogP contribution >= 0.6 is 0 Å². The van der Waals surface area contributed by atoms with Crippen LogP contribution in [0.5, 0.6) is 5.75 Å². The molecule has 3 N–H and O–H groups in total. The van der Waals surface area contributed by atoms with Gasteiger partial charge in [-0.15, -0.1) is 0 Å². The minimum absolute atomic E-state index is 0.0428. The highest BCUT2D eigenvalue weighted by Crippen LogP contribution is 2.47. The fourth-order valence-corrected chi connectivity index (χ4v) is 6.02. The molecule has 42 heavy (non-hydrogen) atoms. The first-order valence-corrected chi connectivity index (χ1v) is 14.1. The fraction of sp³-hybridized carbons (Fsp3) is 0.387. The molecule has 1 aliphatic carbocycles. The summed E-state index contributed by atoms with van der Waals surface area (Å²) in [4.78, 5) is 44.2. The van der Waals surface area contributed by atoms with E-state index >= 15 is 0 Å². The van der Waals surface area contributed by atoms with Crippen LogP contribution in [0.3, 0.4) is 0 Å². The summed E-state index contributed by atoms with van der Waals surface area (Å²) in [6.45, 7) is 2.93. The summed E-state index contributed by atoms with van der Waals surface area (Å²) in [5.41, 5.74) is 0.488. The number of nitrogens with zero attached hydrogens (tertiary/aromatic N) is 2. The molecule has 0 radical (unpaired) electrons. The zero-order valence-corrected chi connectivity index (χ0v) is 23.0. The quantitative estimate of drug-likeness (QED) is 0.334. The molecule has 1 fully saturated rings. The van der Waals surface area contributed by atoms with Gasteiger partial charge < -0.3 is 34.3 Å². The molecular formula is C31H33N3O8. The Bertz CT molecular complexity index is 1560. The van der Waals surface area contributed by atoms with E-state index < -0.39 is 41.6 Å². The van der Waals surface area contributed by atoms with Gasteiger partial charge in [0, 0.05) is 49.2 Å². The van der Waals surface area contributed by atoms with Crippen molar-refractivity contribution in [2.45, 2.75) is 24.2 Å². The maximum absolute atomic E-state index is 14.2. The first kappa shape index (κ1) is 28.1. The second-order valence-electron chi connectivity index (χ2n) is 10.6. The third-order valence-electron chi connectivity index (χ3n) is 8.13. The normalized spacial score (nSPS) is 23.4. The zero-order valence-electron chi connectivity index (χ0n) is 23.0. The van der Waals surface area contributed by atoms with Gasteiger partial charge in [0.1, 0.15) is 29.1 Å². The average Bonchev–Trinajstić information content (AvgIpc) is 3.41. The average molecular weight is 576 g/mol. The molecule has 3 aromatic rings. The number of carbonyl (C=O) groups excluding carboxylic acids is 2. The minimum Gasteiger partial charge on any atom is -0.486 e. The van der Waals surface area contributed by atoms with Crippen LogP contribution in [-0.4, -0.2) is 103 Å². The van der Waals surface area contributed by atoms with Crippen LogP contribution in [0.15, 0.2) is 75.5 Å². The van der Waals surface area contributed by atoms with Crippen molar-refractivity contribution in [3.8, 4) is 5.75 Å². The minimum atomic E-state index is -1.21. The second-order valence-corrected chi connectivity index (χ2v) is 10.6. The van der Waals surface area contributed by atoms with E-state index in [1.54, 1.807) is 36.4 Å². The van der Waals surface area contributed by atoms with Gasteiger partial charge in [-0.3, -0.25) is 14.5 Å². The monoisotopic (exact) mass is 575 g/mol. The second kappa shape index (κ2) is 12.1. The first-order valence-electron chi connectivity index (χ1n) is 14.1. The van der Waals surface area contributed by atoms with Crippen LogP contribution in [0.1, 0.15) is 21.8 Å². The van der Waals surface area contributed by atoms with Crippen LogP contribution in [-0.2, 0) is 9.53 Å². The summed E-state index contributed by atoms with van der Waals surface area (Å²) in [6.07, 6.45) is -0.457. The van der Waals surface area contributed by atoms with Gasteiger partial charge in [-0.05, 0) is 24.3 Å². The lowest BCUT2D eigenvalue weighted by Gasteiger charge is -2.41. The Labute approximate surface area is 241 Å². The number of ether oxygens (including phenoxy) is 2. The van der Waals surface area contributed by atoms with Crippen LogP contribution in [0.2, 0.25) is 0 Å². The SMILES string of the molecule is O=C(NCCO)C1=CC(N(CCN2CCOCC2)C(=O)c2cc3ccccc3oc2=O)C(O)C2Oc3ccccc3C12. The number of fused-ring (bicyclic) bond motifs is 4. The summed E-state index contributed by atoms with van der Waals surface area (Å²) >= 11 is 0. The highest BCUT2D eigenvalue weighted by molar-refractivity contribution is 5.98. The van der Waals surface area contributed by atoms with Crippen molar-refractivity contribution in [3.63, 3.8) is 0 Å². The van der Waals surface area contributed by atoms with Crippen molar-refractivity contribution in [1.82, 2.24) is 15.1 Å². The van der Waals surface area contributed by atoms with Gasteiger partial charge in [-0.2, -0.15) is 0 Å². The Balaban J connectivity index is 1.41. The topological polar surface area (TPSA) is 142 Å². The molecule has 1 saturated heterocycles. The summed E-state index contributed by atoms with van der Waals surface area (Å²) < 4.78 is 17.1. The highest BCUT2D eigenvalue weighted by Gasteiger charge is 2.50. The zero-order chi connectivity index (χ0) is 29.2. The largest absolute Gasteiger partial charge is 0.486 e. The molecule has 3 heterocycles. The smallest absolute Gasteiger partial charge is 0.349 e. The Hall–Kier alpha value is -4.03. The van der Waals surface area contributed by atoms with E-state index in [0.29, 0.717) is 55.1 Å². The molecule has 2 amide bonds. The van der Waals surface area contributed by atoms with Gasteiger partial charge in [0.25, 0.3) is 5.91 Å². The standard InChI is InChI=1S/C31H33N3O8/c35-14-9-32-29(37)21-18-23(27(36)28-26(21)20-6-2-4-8-25(20)41-28)34(11-10-33-12-15-40-16-13-33)30(38)22-17-19-5-1-3-7-24(19)42-31(22)39/h1-8,17-18,23,26-28,35-36H,9-16H2,(H,32,37). The predicted molar refractivity (Wildman–Crippen MR) is 152 cm³/mol. The molecule has 0 spiro atoms. The van der Waals surface area contributed by atoms with Crippen molar-refractivity contribution >= 4 is 22.8 Å². The van der Waals surface area contributed by atoms with Gasteiger partial charge >= 0.3 is 5.63 Å². The van der Waals surface area contributed by atoms with E-state index in [2.05, 4.69) is 10.2 Å². The number of amides is 2. The van der Waals surface area contributed by atoms with E-state index in [0.717, 1.165) is 5.56 Å². The van der Waals surface area contributed by atoms with Crippen LogP contribution in [0, 0.1) is 0 Å². The summed E-state index contributed by atoms with van der Waals surface area (Å²) in [6, 6.07) is 14.7. The Morgan fingerprint density at radius 1 is 1.07 bits per heavy atom. The number of rotatable bonds is 8. The van der Waals surface area contributed by atoms with Crippen molar-refractivity contribution in [1.29, 1.82) is 0 Å². The van der Waals surface area contributed by atoms with Crippen LogP contribution < -0.4 is 15.7 Å². The van der Waals surface area contributed by atoms with E-state index in [1.165, 1.54) is 11.0 Å². The summed E-state index contributed by atoms with van der Waals surface area (Å²) in [5.74, 6) is -1.07. The number of aliphatic hydroxyl groups is 2. The van der Waals surface area contributed by atoms with E-state index in [1.807, 2.05) is 18.2 Å². The molecule has 4 unspecified atom stereocenters. The Morgan fingerprint density at radius 3 is 2.64 bits per heavy atom. The lowest BCUT2D eigenvalue weighted by Crippen LogP contribution is -2.57. The molecule has 220 valence electrons. The van der Waals surface area contributed by atoms with Crippen molar-refractivity contribution in [2.75, 3.05) is 52.5 Å². The number of hydrogen-bond acceptors (Lipinski definition) is 9. The molecule has 0 saturated carbocycles. The predicted octanol–water partition coefficient (Wildman–Crippen LogP) is 0.890. The molecular weight excluding hydrogens is 542 g/mol. The van der Waals surface area contributed by atoms with Gasteiger partial charge in [-0.1, -0.05) is 36.4 Å². The molecule has 2 aromatic carbocycles. The highest BCUT2D eigenvalue weighted by atomic mass is 16.5. The number of aliphatic hydroxyl groups excluding tert-OH is 2. The Morgan fingerprint density at radius 2 is 1.83 bits per heavy atom. The fourth-order valence-electron chi connectivity index (χ4n) is 6.02. The maximum Gasteiger partial charge on any atom is 0.349 e. The number of nitrogens with one attached hydrogen (secondary N) is 1. The number of carbonyl (C=O) groups is 2. The first-order chi connectivity index (χ1) is 20.5. The van der Waals surface area contributed by atoms with E-state index in [-0.39, 0.29) is 25.3 Å². The third-order valence-corrected chi connectivity index (χ3v) is 8.13. The summed E-state index contributed by atoms with van der Waals surface area (Å²) in [7, 11) is 0. The van der Waals surface area contributed by atoms with Crippen molar-refractivity contribution < 1.29 is 33.7 Å². The van der Waals surface area contributed by atoms with E-state index in [9.17, 15) is 24.6 Å². The Kier molecular flexibility index (Phi) is 8.07. The number of hydrogen-bond donors (Lipinski definition) is 3. The molecule has 4 atom stereocenters. The van der Waals surface area contributed by atoms with Gasteiger partial charge in [-0.25, -0.2) is 4.79 Å². The lowest BCUT2D eigenvalue weighted by atomic mass is 9.77. The third kappa shape index (κ3) is 5.32. The van der Waals surface area contributed by atoms with Gasteiger partial charge in [0.15, 0.2) is 0 Å². The number of benzene rings is 2. The van der Waals surface area contributed by atoms with Gasteiger partial charge in [0.2, 0.25) is 5.91 Å². The van der Waals surface area contributed by atoms with E-state index in [4.69, 9.17) is 13.9 Å². The lowest BCUT2D eigenvalue weighted by molar-refractivity contribution is -0.118. The van der Waals surface area contributed by atoms with Gasteiger partial charge in [0.05, 0.1) is 31.8 Å². The number of morpholine rings is 1. The van der Waals surface area contributed by atoms with Crippen molar-refractivity contribution in [3.05, 3.63) is 87.8 Å². The summed E-state index contributed by atoms with van der Waals surface area (Å²) in [5, 5.41) is 24.4. The number of para-hydroxylation sites is 2. The van der Waals surface area contributed by atoms with Crippen LogP contribution in [0.25, 0.3) is 11.0 Å². The maximum atomic E-state index is 14.2. The molecule has 1 aromatic heterocycles. The van der Waals surface area contributed by atoms with Crippen LogP contribution in [0.4, 0.5) is 0 Å². The molecule has 6 rings (SSSR count). The molecule has 0 bridgehead atoms. The molecule has 11 nitrogen and oxygen atoms in total. The molecule has 2 aliphatic heterocycles. The molecule has 11 heteroatoms.